The largest absolute Gasteiger partial charge is 0.490 e. The number of hydrogen-bond donors (Lipinski definition) is 3. The summed E-state index contributed by atoms with van der Waals surface area (Å²) in [4.78, 5) is 56.2. The van der Waals surface area contributed by atoms with Crippen LogP contribution < -0.4 is 26.8 Å². The van der Waals surface area contributed by atoms with Gasteiger partial charge in [-0.05, 0) is 42.2 Å². The van der Waals surface area contributed by atoms with Crippen LogP contribution in [0.4, 0.5) is 24.8 Å². The van der Waals surface area contributed by atoms with Crippen LogP contribution in [-0.2, 0) is 29.7 Å². The number of imidazole rings is 1. The maximum absolute atomic E-state index is 14.0. The van der Waals surface area contributed by atoms with Gasteiger partial charge in [-0.3, -0.25) is 18.7 Å². The zero-order valence-corrected chi connectivity index (χ0v) is 26.8. The molecule has 6 rings (SSSR count). The lowest BCUT2D eigenvalue weighted by Gasteiger charge is -2.25. The van der Waals surface area contributed by atoms with Crippen molar-refractivity contribution in [1.82, 2.24) is 24.0 Å². The number of fused-ring (bicyclic) bond motifs is 2. The number of carbonyl (C=O) groups excluding carboxylic acids is 1. The summed E-state index contributed by atoms with van der Waals surface area (Å²) in [6, 6.07) is 12.3. The van der Waals surface area contributed by atoms with Gasteiger partial charge in [0.1, 0.15) is 6.54 Å². The Morgan fingerprint density at radius 3 is 2.43 bits per heavy atom. The number of rotatable bonds is 6. The van der Waals surface area contributed by atoms with E-state index in [0.29, 0.717) is 27.6 Å². The third kappa shape index (κ3) is 7.12. The van der Waals surface area contributed by atoms with Gasteiger partial charge in [-0.1, -0.05) is 53.0 Å². The van der Waals surface area contributed by atoms with Crippen molar-refractivity contribution >= 4 is 69.5 Å². The number of nitrogens with zero attached hydrogens (tertiary/aromatic N) is 5. The summed E-state index contributed by atoms with van der Waals surface area (Å²) >= 11 is 18.7. The molecule has 2 aliphatic heterocycles. The predicted molar refractivity (Wildman–Crippen MR) is 171 cm³/mol. The zero-order valence-electron chi connectivity index (χ0n) is 24.5. The minimum absolute atomic E-state index is 0.226. The second-order valence-corrected chi connectivity index (χ2v) is 12.2. The fourth-order valence-corrected chi connectivity index (χ4v) is 6.34. The Bertz CT molecular complexity index is 1980. The summed E-state index contributed by atoms with van der Waals surface area (Å²) < 4.78 is 35.8. The Kier molecular flexibility index (Phi) is 9.91. The normalized spacial score (nSPS) is 17.4. The summed E-state index contributed by atoms with van der Waals surface area (Å²) in [5.41, 5.74) is 0.349. The molecule has 250 valence electrons. The van der Waals surface area contributed by atoms with E-state index in [2.05, 4.69) is 15.5 Å². The molecule has 2 fully saturated rings. The number of halogens is 6. The third-order valence-corrected chi connectivity index (χ3v) is 8.87. The number of aryl methyl sites for hydroxylation is 1. The van der Waals surface area contributed by atoms with Gasteiger partial charge in [-0.2, -0.15) is 18.2 Å². The number of carboxylic acids is 1. The molecule has 0 aliphatic carbocycles. The van der Waals surface area contributed by atoms with Crippen LogP contribution in [0.25, 0.3) is 11.2 Å². The average molecular weight is 717 g/mol. The van der Waals surface area contributed by atoms with E-state index in [-0.39, 0.29) is 28.8 Å². The van der Waals surface area contributed by atoms with E-state index >= 15 is 0 Å². The van der Waals surface area contributed by atoms with E-state index in [1.54, 1.807) is 25.2 Å². The lowest BCUT2D eigenvalue weighted by molar-refractivity contribution is -0.192. The van der Waals surface area contributed by atoms with Crippen molar-refractivity contribution in [3.05, 3.63) is 83.9 Å². The molecule has 3 N–H and O–H groups in total. The first kappa shape index (κ1) is 34.3. The molecule has 2 saturated heterocycles. The van der Waals surface area contributed by atoms with Crippen molar-refractivity contribution in [2.75, 3.05) is 29.9 Å². The quantitative estimate of drug-likeness (QED) is 0.272. The van der Waals surface area contributed by atoms with E-state index in [1.165, 1.54) is 10.6 Å². The van der Waals surface area contributed by atoms with Crippen LogP contribution in [0.2, 0.25) is 15.1 Å². The lowest BCUT2D eigenvalue weighted by atomic mass is 10.1. The van der Waals surface area contributed by atoms with Crippen LogP contribution in [-0.4, -0.2) is 67.5 Å². The number of carbonyl (C=O) groups is 2. The monoisotopic (exact) mass is 715 g/mol. The molecule has 0 radical (unpaired) electrons. The second kappa shape index (κ2) is 13.6. The smallest absolute Gasteiger partial charge is 0.475 e. The van der Waals surface area contributed by atoms with E-state index in [1.807, 2.05) is 22.8 Å². The summed E-state index contributed by atoms with van der Waals surface area (Å²) in [6.45, 7) is 2.30. The molecule has 4 aromatic rings. The molecule has 2 aromatic heterocycles. The molecule has 12 nitrogen and oxygen atoms in total. The van der Waals surface area contributed by atoms with Gasteiger partial charge in [0.15, 0.2) is 11.2 Å². The van der Waals surface area contributed by atoms with E-state index < -0.39 is 35.8 Å². The minimum atomic E-state index is -5.08. The summed E-state index contributed by atoms with van der Waals surface area (Å²) in [5, 5.41) is 14.4. The van der Waals surface area contributed by atoms with Crippen molar-refractivity contribution in [1.29, 1.82) is 0 Å². The van der Waals surface area contributed by atoms with E-state index in [4.69, 9.17) is 49.7 Å². The van der Waals surface area contributed by atoms with Gasteiger partial charge in [0, 0.05) is 42.8 Å². The fourth-order valence-electron chi connectivity index (χ4n) is 5.69. The molecule has 2 atom stereocenters. The molecule has 18 heteroatoms. The molecule has 47 heavy (non-hydrogen) atoms. The molecular weight excluding hydrogens is 690 g/mol. The van der Waals surface area contributed by atoms with Crippen molar-refractivity contribution in [3.8, 4) is 0 Å². The number of nitrogens with one attached hydrogen (secondary N) is 2. The van der Waals surface area contributed by atoms with Gasteiger partial charge in [-0.15, -0.1) is 0 Å². The SMILES string of the molecule is Cn1c(=O)n(CC(=O)Nc2ccc(Cl)cc2Cl)c(=O)c2c1nc(N1CCC3CNCC31)n2Cc1ccccc1Cl.O=C(O)C(F)(F)F. The fraction of sp³-hybridized carbons (Fsp3) is 0.345. The Labute approximate surface area is 279 Å². The minimum Gasteiger partial charge on any atom is -0.475 e. The molecule has 4 heterocycles. The maximum Gasteiger partial charge on any atom is 0.490 e. The lowest BCUT2D eigenvalue weighted by Crippen LogP contribution is -2.42. The zero-order chi connectivity index (χ0) is 34.2. The molecule has 2 unspecified atom stereocenters. The topological polar surface area (TPSA) is 143 Å². The molecule has 2 aromatic carbocycles. The first-order chi connectivity index (χ1) is 22.2. The Morgan fingerprint density at radius 1 is 1.06 bits per heavy atom. The number of carboxylic acid groups (broad SMARTS) is 1. The standard InChI is InChI=1S/C27H26Cl3N7O3.C2HF3O2/c1-34-24-23(25(39)37(27(34)40)14-22(38)32-20-7-6-17(28)10-19(20)30)36(13-16-4-2-3-5-18(16)29)26(33-24)35-9-8-15-11-31-12-21(15)35;3-2(4,5)1(6)7/h2-7,10,15,21,31H,8-9,11-14H2,1H3,(H,32,38);(H,6,7). The van der Waals surface area contributed by atoms with E-state index in [9.17, 15) is 27.6 Å². The van der Waals surface area contributed by atoms with Crippen molar-refractivity contribution < 1.29 is 27.9 Å². The number of aliphatic carboxylic acids is 1. The summed E-state index contributed by atoms with van der Waals surface area (Å²) in [6.07, 6.45) is -4.08. The number of hydrogen-bond acceptors (Lipinski definition) is 7. The Balaban J connectivity index is 0.000000559. The van der Waals surface area contributed by atoms with Gasteiger partial charge >= 0.3 is 17.8 Å². The van der Waals surface area contributed by atoms with Gasteiger partial charge in [-0.25, -0.2) is 14.2 Å². The molecule has 0 spiro atoms. The third-order valence-electron chi connectivity index (χ3n) is 7.95. The number of aromatic nitrogens is 4. The molecule has 1 amide bonds. The first-order valence-corrected chi connectivity index (χ1v) is 15.3. The summed E-state index contributed by atoms with van der Waals surface area (Å²) in [7, 11) is 1.55. The van der Waals surface area contributed by atoms with Crippen molar-refractivity contribution in [2.45, 2.75) is 31.7 Å². The number of amides is 1. The van der Waals surface area contributed by atoms with Gasteiger partial charge in [0.2, 0.25) is 11.9 Å². The average Bonchev–Trinajstić information content (AvgIpc) is 3.72. The highest BCUT2D eigenvalue weighted by molar-refractivity contribution is 6.36. The van der Waals surface area contributed by atoms with E-state index in [0.717, 1.165) is 36.2 Å². The van der Waals surface area contributed by atoms with Crippen molar-refractivity contribution in [3.63, 3.8) is 0 Å². The number of alkyl halides is 3. The van der Waals surface area contributed by atoms with Crippen LogP contribution >= 0.6 is 34.8 Å². The van der Waals surface area contributed by atoms with Crippen LogP contribution in [0.15, 0.2) is 52.1 Å². The summed E-state index contributed by atoms with van der Waals surface area (Å²) in [5.74, 6) is -2.25. The molecule has 0 saturated carbocycles. The predicted octanol–water partition coefficient (Wildman–Crippen LogP) is 3.98. The molecular formula is C29H27Cl3F3N7O5. The van der Waals surface area contributed by atoms with Gasteiger partial charge < -0.3 is 20.6 Å². The van der Waals surface area contributed by atoms with Gasteiger partial charge in [0.05, 0.1) is 17.3 Å². The molecule has 0 bridgehead atoms. The Morgan fingerprint density at radius 2 is 1.77 bits per heavy atom. The molecule has 2 aliphatic rings. The van der Waals surface area contributed by atoms with Crippen LogP contribution in [0, 0.1) is 5.92 Å². The Hall–Kier alpha value is -4.05. The van der Waals surface area contributed by atoms with Gasteiger partial charge in [0.25, 0.3) is 5.56 Å². The highest BCUT2D eigenvalue weighted by Gasteiger charge is 2.40. The number of anilines is 2. The second-order valence-electron chi connectivity index (χ2n) is 10.9. The van der Waals surface area contributed by atoms with Crippen LogP contribution in [0.5, 0.6) is 0 Å². The number of benzene rings is 2. The highest BCUT2D eigenvalue weighted by atomic mass is 35.5. The van der Waals surface area contributed by atoms with Crippen LogP contribution in [0.3, 0.4) is 0 Å². The first-order valence-electron chi connectivity index (χ1n) is 14.1. The van der Waals surface area contributed by atoms with Crippen molar-refractivity contribution in [2.24, 2.45) is 13.0 Å². The maximum atomic E-state index is 14.0. The highest BCUT2D eigenvalue weighted by Crippen LogP contribution is 2.34. The van der Waals surface area contributed by atoms with Crippen LogP contribution in [0.1, 0.15) is 12.0 Å².